The predicted octanol–water partition coefficient (Wildman–Crippen LogP) is 1.29. The van der Waals surface area contributed by atoms with Crippen LogP contribution in [0.1, 0.15) is 13.3 Å². The molecule has 1 N–H and O–H groups in total. The summed E-state index contributed by atoms with van der Waals surface area (Å²) in [5.74, 6) is 1.30. The molecule has 0 saturated carbocycles. The Morgan fingerprint density at radius 1 is 1.54 bits per heavy atom. The minimum absolute atomic E-state index is 0.00433. The third-order valence-corrected chi connectivity index (χ3v) is 4.03. The highest BCUT2D eigenvalue weighted by Gasteiger charge is 2.12. The number of sulfonamides is 1. The molecule has 0 aliphatic rings. The van der Waals surface area contributed by atoms with Crippen molar-refractivity contribution in [2.24, 2.45) is 0 Å². The van der Waals surface area contributed by atoms with Gasteiger partial charge in [0.25, 0.3) is 0 Å². The van der Waals surface area contributed by atoms with Gasteiger partial charge in [-0.1, -0.05) is 0 Å². The summed E-state index contributed by atoms with van der Waals surface area (Å²) < 4.78 is 25.2. The fourth-order valence-corrected chi connectivity index (χ4v) is 3.21. The van der Waals surface area contributed by atoms with E-state index in [2.05, 4.69) is 4.72 Å². The summed E-state index contributed by atoms with van der Waals surface area (Å²) in [5.41, 5.74) is 0. The van der Waals surface area contributed by atoms with Crippen LogP contribution in [0.2, 0.25) is 0 Å². The molecule has 0 aliphatic carbocycles. The summed E-state index contributed by atoms with van der Waals surface area (Å²) in [7, 11) is -3.11. The number of nitrogens with one attached hydrogen (secondary N) is 1. The van der Waals surface area contributed by atoms with Crippen LogP contribution in [-0.2, 0) is 10.0 Å². The highest BCUT2D eigenvalue weighted by Crippen LogP contribution is 1.99. The average Bonchev–Trinajstić information content (AvgIpc) is 2.00. The molecule has 13 heavy (non-hydrogen) atoms. The van der Waals surface area contributed by atoms with Gasteiger partial charge >= 0.3 is 0 Å². The van der Waals surface area contributed by atoms with Crippen molar-refractivity contribution in [3.8, 4) is 0 Å². The number of alkyl halides is 1. The van der Waals surface area contributed by atoms with Crippen molar-refractivity contribution in [3.63, 3.8) is 0 Å². The van der Waals surface area contributed by atoms with E-state index < -0.39 is 10.0 Å². The van der Waals surface area contributed by atoms with E-state index in [1.54, 1.807) is 11.8 Å². The van der Waals surface area contributed by atoms with Crippen LogP contribution in [0.4, 0.5) is 0 Å². The minimum Gasteiger partial charge on any atom is -0.212 e. The van der Waals surface area contributed by atoms with Crippen molar-refractivity contribution in [1.29, 1.82) is 0 Å². The van der Waals surface area contributed by atoms with Gasteiger partial charge in [0, 0.05) is 17.7 Å². The second-order valence-corrected chi connectivity index (χ2v) is 6.00. The van der Waals surface area contributed by atoms with E-state index in [1.165, 1.54) is 0 Å². The molecule has 0 bridgehead atoms. The molecule has 0 radical (unpaired) electrons. The van der Waals surface area contributed by atoms with E-state index in [-0.39, 0.29) is 11.8 Å². The first-order valence-electron chi connectivity index (χ1n) is 4.06. The van der Waals surface area contributed by atoms with Crippen LogP contribution in [0.3, 0.4) is 0 Å². The zero-order valence-corrected chi connectivity index (χ0v) is 10.3. The lowest BCUT2D eigenvalue weighted by Gasteiger charge is -2.12. The Morgan fingerprint density at radius 2 is 2.15 bits per heavy atom. The molecule has 1 atom stereocenters. The molecule has 3 nitrogen and oxygen atoms in total. The van der Waals surface area contributed by atoms with Crippen LogP contribution in [0.25, 0.3) is 0 Å². The van der Waals surface area contributed by atoms with Gasteiger partial charge in [0.05, 0.1) is 5.75 Å². The van der Waals surface area contributed by atoms with Crippen molar-refractivity contribution < 1.29 is 8.42 Å². The fourth-order valence-electron chi connectivity index (χ4n) is 0.894. The summed E-state index contributed by atoms with van der Waals surface area (Å²) in [6, 6.07) is -0.00433. The van der Waals surface area contributed by atoms with Gasteiger partial charge in [0.1, 0.15) is 0 Å². The normalized spacial score (nSPS) is 14.4. The van der Waals surface area contributed by atoms with Gasteiger partial charge < -0.3 is 0 Å². The van der Waals surface area contributed by atoms with Gasteiger partial charge in [0.2, 0.25) is 10.0 Å². The molecule has 1 unspecified atom stereocenters. The highest BCUT2D eigenvalue weighted by molar-refractivity contribution is 7.98. The number of halogens is 1. The zero-order valence-electron chi connectivity index (χ0n) is 7.92. The third kappa shape index (κ3) is 7.61. The third-order valence-electron chi connectivity index (χ3n) is 1.34. The maximum Gasteiger partial charge on any atom is 0.211 e. The van der Waals surface area contributed by atoms with Gasteiger partial charge in [-0.2, -0.15) is 11.8 Å². The van der Waals surface area contributed by atoms with Gasteiger partial charge in [-0.25, -0.2) is 13.1 Å². The van der Waals surface area contributed by atoms with E-state index in [0.29, 0.717) is 12.3 Å². The van der Waals surface area contributed by atoms with Crippen LogP contribution >= 0.6 is 23.4 Å². The molecule has 0 fully saturated rings. The first-order valence-corrected chi connectivity index (χ1v) is 7.65. The molecule has 0 heterocycles. The summed E-state index contributed by atoms with van der Waals surface area (Å²) in [5, 5.41) is 0. The van der Waals surface area contributed by atoms with E-state index in [4.69, 9.17) is 11.6 Å². The van der Waals surface area contributed by atoms with Crippen molar-refractivity contribution in [2.75, 3.05) is 23.6 Å². The first kappa shape index (κ1) is 13.5. The Labute approximate surface area is 89.7 Å². The Balaban J connectivity index is 3.87. The standard InChI is InChI=1S/C7H16ClNO2S2/c1-7(6-12-2)9-13(10,11)5-3-4-8/h7,9H,3-6H2,1-2H3. The molecule has 0 aromatic rings. The quantitative estimate of drug-likeness (QED) is 0.688. The Kier molecular flexibility index (Phi) is 7.22. The molecule has 0 aromatic carbocycles. The number of thioether (sulfide) groups is 1. The lowest BCUT2D eigenvalue weighted by Crippen LogP contribution is -2.35. The van der Waals surface area contributed by atoms with Gasteiger partial charge in [-0.15, -0.1) is 11.6 Å². The Hall–Kier alpha value is 0.550. The lowest BCUT2D eigenvalue weighted by molar-refractivity contribution is 0.570. The Morgan fingerprint density at radius 3 is 2.62 bits per heavy atom. The lowest BCUT2D eigenvalue weighted by atomic mass is 10.4. The van der Waals surface area contributed by atoms with Crippen LogP contribution < -0.4 is 4.72 Å². The molecular weight excluding hydrogens is 230 g/mol. The fraction of sp³-hybridized carbons (Fsp3) is 1.00. The van der Waals surface area contributed by atoms with Crippen LogP contribution in [0.15, 0.2) is 0 Å². The van der Waals surface area contributed by atoms with Crippen LogP contribution in [0.5, 0.6) is 0 Å². The molecule has 0 rings (SSSR count). The van der Waals surface area contributed by atoms with Gasteiger partial charge in [-0.3, -0.25) is 0 Å². The molecule has 0 saturated heterocycles. The average molecular weight is 246 g/mol. The minimum atomic E-state index is -3.11. The topological polar surface area (TPSA) is 46.2 Å². The largest absolute Gasteiger partial charge is 0.212 e. The van der Waals surface area contributed by atoms with Gasteiger partial charge in [0.15, 0.2) is 0 Å². The summed E-state index contributed by atoms with van der Waals surface area (Å²) >= 11 is 7.03. The summed E-state index contributed by atoms with van der Waals surface area (Å²) in [6.45, 7) is 1.86. The monoisotopic (exact) mass is 245 g/mol. The van der Waals surface area contributed by atoms with Crippen molar-refractivity contribution in [1.82, 2.24) is 4.72 Å². The molecular formula is C7H16ClNO2S2. The van der Waals surface area contributed by atoms with E-state index in [0.717, 1.165) is 5.75 Å². The molecule has 6 heteroatoms. The zero-order chi connectivity index (χ0) is 10.3. The highest BCUT2D eigenvalue weighted by atomic mass is 35.5. The first-order chi connectivity index (χ1) is 6.02. The van der Waals surface area contributed by atoms with Crippen molar-refractivity contribution >= 4 is 33.4 Å². The Bertz CT molecular complexity index is 219. The molecule has 80 valence electrons. The predicted molar refractivity (Wildman–Crippen MR) is 60.1 cm³/mol. The molecule has 0 amide bonds. The van der Waals surface area contributed by atoms with E-state index in [9.17, 15) is 8.42 Å². The van der Waals surface area contributed by atoms with E-state index in [1.807, 2.05) is 13.2 Å². The second-order valence-electron chi connectivity index (χ2n) is 2.84. The van der Waals surface area contributed by atoms with Crippen molar-refractivity contribution in [2.45, 2.75) is 19.4 Å². The summed E-state index contributed by atoms with van der Waals surface area (Å²) in [6.07, 6.45) is 2.45. The number of rotatable bonds is 7. The molecule has 0 aromatic heterocycles. The van der Waals surface area contributed by atoms with E-state index >= 15 is 0 Å². The second kappa shape index (κ2) is 6.92. The van der Waals surface area contributed by atoms with Crippen LogP contribution in [0, 0.1) is 0 Å². The summed E-state index contributed by atoms with van der Waals surface area (Å²) in [4.78, 5) is 0. The van der Waals surface area contributed by atoms with Gasteiger partial charge in [-0.05, 0) is 19.6 Å². The van der Waals surface area contributed by atoms with Crippen molar-refractivity contribution in [3.05, 3.63) is 0 Å². The molecule has 0 spiro atoms. The maximum atomic E-state index is 11.3. The SMILES string of the molecule is CSCC(C)NS(=O)(=O)CCCCl. The maximum absolute atomic E-state index is 11.3. The number of hydrogen-bond acceptors (Lipinski definition) is 3. The van der Waals surface area contributed by atoms with Crippen LogP contribution in [-0.4, -0.2) is 38.1 Å². The smallest absolute Gasteiger partial charge is 0.211 e. The molecule has 0 aliphatic heterocycles. The number of hydrogen-bond donors (Lipinski definition) is 1.